The Morgan fingerprint density at radius 3 is 2.56 bits per heavy atom. The number of hydrogen-bond acceptors (Lipinski definition) is 2. The fourth-order valence-electron chi connectivity index (χ4n) is 3.88. The Hall–Kier alpha value is -3.01. The van der Waals surface area contributed by atoms with Crippen LogP contribution in [0.1, 0.15) is 34.3 Å². The van der Waals surface area contributed by atoms with Crippen LogP contribution < -0.4 is 4.74 Å². The first-order valence-corrected chi connectivity index (χ1v) is 8.78. The van der Waals surface area contributed by atoms with Crippen LogP contribution in [0.2, 0.25) is 0 Å². The highest BCUT2D eigenvalue weighted by molar-refractivity contribution is 6.06. The lowest BCUT2D eigenvalue weighted by Crippen LogP contribution is -2.24. The summed E-state index contributed by atoms with van der Waals surface area (Å²) in [6, 6.07) is 15.3. The van der Waals surface area contributed by atoms with Gasteiger partial charge in [-0.1, -0.05) is 43.3 Å². The van der Waals surface area contributed by atoms with Gasteiger partial charge < -0.3 is 4.74 Å². The van der Waals surface area contributed by atoms with E-state index in [-0.39, 0.29) is 17.2 Å². The minimum absolute atomic E-state index is 0.0118. The molecule has 0 saturated heterocycles. The predicted molar refractivity (Wildman–Crippen MR) is 102 cm³/mol. The summed E-state index contributed by atoms with van der Waals surface area (Å²) in [5, 5.41) is 1.74. The zero-order chi connectivity index (χ0) is 19.1. The molecule has 0 aromatic heterocycles. The van der Waals surface area contributed by atoms with E-state index in [1.54, 1.807) is 19.1 Å². The van der Waals surface area contributed by atoms with E-state index in [1.165, 1.54) is 25.3 Å². The Balaban J connectivity index is 1.92. The maximum absolute atomic E-state index is 14.6. The smallest absolute Gasteiger partial charge is 0.173 e. The van der Waals surface area contributed by atoms with Crippen molar-refractivity contribution in [1.29, 1.82) is 0 Å². The van der Waals surface area contributed by atoms with Crippen molar-refractivity contribution in [1.82, 2.24) is 0 Å². The Bertz CT molecular complexity index is 1080. The van der Waals surface area contributed by atoms with E-state index in [0.29, 0.717) is 16.9 Å². The number of methoxy groups -OCH3 is 1. The first kappa shape index (κ1) is 17.4. The van der Waals surface area contributed by atoms with Crippen LogP contribution in [-0.4, -0.2) is 12.9 Å². The lowest BCUT2D eigenvalue weighted by molar-refractivity contribution is 0.0939. The van der Waals surface area contributed by atoms with Crippen molar-refractivity contribution in [2.75, 3.05) is 7.11 Å². The summed E-state index contributed by atoms with van der Waals surface area (Å²) in [7, 11) is 1.44. The van der Waals surface area contributed by atoms with Crippen LogP contribution in [-0.2, 0) is 0 Å². The maximum Gasteiger partial charge on any atom is 0.173 e. The van der Waals surface area contributed by atoms with E-state index in [1.807, 2.05) is 30.3 Å². The maximum atomic E-state index is 14.6. The van der Waals surface area contributed by atoms with Gasteiger partial charge in [0.1, 0.15) is 17.4 Å². The summed E-state index contributed by atoms with van der Waals surface area (Å²) >= 11 is 0. The Morgan fingerprint density at radius 2 is 1.81 bits per heavy atom. The number of hydrogen-bond donors (Lipinski definition) is 0. The molecule has 0 N–H and O–H groups in total. The molecule has 27 heavy (non-hydrogen) atoms. The van der Waals surface area contributed by atoms with E-state index in [0.717, 1.165) is 10.8 Å². The topological polar surface area (TPSA) is 26.3 Å². The minimum atomic E-state index is -0.659. The largest absolute Gasteiger partial charge is 0.497 e. The minimum Gasteiger partial charge on any atom is -0.497 e. The third kappa shape index (κ3) is 2.81. The van der Waals surface area contributed by atoms with Gasteiger partial charge in [-0.25, -0.2) is 8.78 Å². The average Bonchev–Trinajstić information content (AvgIpc) is 2.67. The Kier molecular flexibility index (Phi) is 4.27. The lowest BCUT2D eigenvalue weighted by Gasteiger charge is -2.29. The molecule has 1 aliphatic rings. The van der Waals surface area contributed by atoms with Crippen LogP contribution in [0.4, 0.5) is 8.78 Å². The number of halogens is 2. The second-order valence-electron chi connectivity index (χ2n) is 6.81. The molecule has 1 aliphatic carbocycles. The molecule has 0 spiro atoms. The molecule has 0 heterocycles. The van der Waals surface area contributed by atoms with Crippen molar-refractivity contribution in [2.24, 2.45) is 5.92 Å². The molecule has 2 unspecified atom stereocenters. The number of fused-ring (bicyclic) bond motifs is 3. The highest BCUT2D eigenvalue weighted by Crippen LogP contribution is 2.44. The van der Waals surface area contributed by atoms with Gasteiger partial charge in [0.05, 0.1) is 18.6 Å². The fraction of sp³-hybridized carbons (Fsp3) is 0.174. The van der Waals surface area contributed by atoms with Gasteiger partial charge in [0.25, 0.3) is 0 Å². The summed E-state index contributed by atoms with van der Waals surface area (Å²) in [5.41, 5.74) is 1.02. The molecule has 0 aliphatic heterocycles. The van der Waals surface area contributed by atoms with Crippen molar-refractivity contribution < 1.29 is 18.3 Å². The molecule has 0 fully saturated rings. The van der Waals surface area contributed by atoms with Gasteiger partial charge in [0.2, 0.25) is 0 Å². The molecule has 136 valence electrons. The van der Waals surface area contributed by atoms with E-state index in [9.17, 15) is 13.6 Å². The van der Waals surface area contributed by atoms with Crippen LogP contribution in [0.3, 0.4) is 0 Å². The number of ether oxygens (including phenoxy) is 1. The van der Waals surface area contributed by atoms with Crippen molar-refractivity contribution in [3.8, 4) is 5.75 Å². The van der Waals surface area contributed by atoms with E-state index in [4.69, 9.17) is 4.74 Å². The molecule has 0 radical (unpaired) electrons. The monoisotopic (exact) mass is 364 g/mol. The number of Topliss-reactive ketones (excluding diaryl/α,β-unsaturated/α-hetero) is 1. The van der Waals surface area contributed by atoms with Crippen LogP contribution in [0.5, 0.6) is 5.75 Å². The molecule has 0 amide bonds. The van der Waals surface area contributed by atoms with Gasteiger partial charge >= 0.3 is 0 Å². The summed E-state index contributed by atoms with van der Waals surface area (Å²) in [5.74, 6) is -2.04. The second-order valence-corrected chi connectivity index (χ2v) is 6.81. The van der Waals surface area contributed by atoms with Crippen molar-refractivity contribution in [2.45, 2.75) is 12.8 Å². The summed E-state index contributed by atoms with van der Waals surface area (Å²) in [6.07, 6.45) is 1.45. The number of benzene rings is 3. The molecule has 2 atom stereocenters. The Morgan fingerprint density at radius 1 is 1.04 bits per heavy atom. The van der Waals surface area contributed by atoms with Gasteiger partial charge in [-0.2, -0.15) is 0 Å². The molecule has 4 rings (SSSR count). The summed E-state index contributed by atoms with van der Waals surface area (Å²) in [6.45, 7) is 1.79. The highest BCUT2D eigenvalue weighted by atomic mass is 19.1. The quantitative estimate of drug-likeness (QED) is 0.540. The first-order valence-electron chi connectivity index (χ1n) is 8.78. The molecular formula is C23H18F2O2. The number of rotatable bonds is 3. The van der Waals surface area contributed by atoms with Crippen LogP contribution in [0.15, 0.2) is 60.7 Å². The van der Waals surface area contributed by atoms with Crippen LogP contribution in [0.25, 0.3) is 16.6 Å². The number of allylic oxidation sites excluding steroid dienone is 1. The SMILES string of the molecule is COc1ccc(C(=O)C2c3c(ccc4ccccc34)C(F)=CC2C)c(F)c1. The van der Waals surface area contributed by atoms with Crippen molar-refractivity contribution >= 4 is 22.4 Å². The van der Waals surface area contributed by atoms with Crippen LogP contribution in [0, 0.1) is 11.7 Å². The fourth-order valence-corrected chi connectivity index (χ4v) is 3.88. The second kappa shape index (κ2) is 6.62. The Labute approximate surface area is 156 Å². The lowest BCUT2D eigenvalue weighted by atomic mass is 9.74. The predicted octanol–water partition coefficient (Wildman–Crippen LogP) is 5.91. The van der Waals surface area contributed by atoms with Gasteiger partial charge in [-0.15, -0.1) is 0 Å². The van der Waals surface area contributed by atoms with E-state index >= 15 is 0 Å². The molecule has 0 bridgehead atoms. The zero-order valence-corrected chi connectivity index (χ0v) is 15.0. The third-order valence-corrected chi connectivity index (χ3v) is 5.20. The number of ketones is 1. The van der Waals surface area contributed by atoms with Crippen molar-refractivity contribution in [3.05, 3.63) is 83.2 Å². The molecule has 3 aromatic rings. The van der Waals surface area contributed by atoms with Crippen molar-refractivity contribution in [3.63, 3.8) is 0 Å². The number of carbonyl (C=O) groups is 1. The normalized spacial score (nSPS) is 18.7. The van der Waals surface area contributed by atoms with E-state index < -0.39 is 17.7 Å². The molecule has 2 nitrogen and oxygen atoms in total. The standard InChI is InChI=1S/C23H18F2O2/c1-13-11-19(24)17-9-7-14-5-3-4-6-16(14)22(17)21(13)23(26)18-10-8-15(27-2)12-20(18)25/h3-13,21H,1-2H3. The average molecular weight is 364 g/mol. The third-order valence-electron chi connectivity index (χ3n) is 5.20. The van der Waals surface area contributed by atoms with Crippen LogP contribution >= 0.6 is 0 Å². The molecule has 4 heteroatoms. The van der Waals surface area contributed by atoms with Gasteiger partial charge in [-0.05, 0) is 40.5 Å². The van der Waals surface area contributed by atoms with E-state index in [2.05, 4.69) is 0 Å². The molecule has 0 saturated carbocycles. The summed E-state index contributed by atoms with van der Waals surface area (Å²) in [4.78, 5) is 13.3. The van der Waals surface area contributed by atoms with Gasteiger partial charge in [0.15, 0.2) is 5.78 Å². The van der Waals surface area contributed by atoms with Gasteiger partial charge in [-0.3, -0.25) is 4.79 Å². The molecular weight excluding hydrogens is 346 g/mol. The number of carbonyl (C=O) groups excluding carboxylic acids is 1. The van der Waals surface area contributed by atoms with Gasteiger partial charge in [0, 0.05) is 11.6 Å². The first-order chi connectivity index (χ1) is 13.0. The zero-order valence-electron chi connectivity index (χ0n) is 15.0. The highest BCUT2D eigenvalue weighted by Gasteiger charge is 2.35. The molecule has 3 aromatic carbocycles. The summed E-state index contributed by atoms with van der Waals surface area (Å²) < 4.78 is 34.2.